The van der Waals surface area contributed by atoms with Gasteiger partial charge in [0.15, 0.2) is 0 Å². The van der Waals surface area contributed by atoms with E-state index in [1.807, 2.05) is 38.1 Å². The molecule has 1 rings (SSSR count). The average molecular weight is 277 g/mol. The Bertz CT molecular complexity index is 407. The van der Waals surface area contributed by atoms with Crippen molar-refractivity contribution in [3.63, 3.8) is 0 Å². The summed E-state index contributed by atoms with van der Waals surface area (Å²) < 4.78 is 5.60. The monoisotopic (exact) mass is 277 g/mol. The van der Waals surface area contributed by atoms with Gasteiger partial charge in [0.25, 0.3) is 0 Å². The Morgan fingerprint density at radius 3 is 2.15 bits per heavy atom. The Balaban J connectivity index is 2.76. The second kappa shape index (κ2) is 7.93. The number of aliphatic carboxylic acids is 1. The molecule has 1 atom stereocenters. The molecule has 0 amide bonds. The van der Waals surface area contributed by atoms with Crippen molar-refractivity contribution in [2.45, 2.75) is 59.0 Å². The van der Waals surface area contributed by atoms with Crippen molar-refractivity contribution < 1.29 is 14.6 Å². The van der Waals surface area contributed by atoms with Crippen LogP contribution in [0.15, 0.2) is 24.3 Å². The summed E-state index contributed by atoms with van der Waals surface area (Å²) in [6, 6.07) is 7.75. The molecule has 3 heteroatoms. The quantitative estimate of drug-likeness (QED) is 0.733. The Labute approximate surface area is 122 Å². The molecular weight excluding hydrogens is 252 g/mol. The van der Waals surface area contributed by atoms with Gasteiger partial charge in [-0.15, -0.1) is 0 Å². The van der Waals surface area contributed by atoms with Crippen molar-refractivity contribution >= 4 is 5.97 Å². The van der Waals surface area contributed by atoms with E-state index in [9.17, 15) is 9.90 Å². The summed E-state index contributed by atoms with van der Waals surface area (Å²) in [6.07, 6.45) is 2.11. The van der Waals surface area contributed by atoms with Crippen LogP contribution in [0, 0.1) is 5.92 Å². The molecule has 0 bridgehead atoms. The SMILES string of the molecule is CC(C)CC[C@H](CC(=O)[O-])c1ccc(OC(C)C)cc1. The second-order valence-corrected chi connectivity index (χ2v) is 5.98. The van der Waals surface area contributed by atoms with E-state index in [1.165, 1.54) is 0 Å². The molecule has 0 aliphatic carbocycles. The minimum Gasteiger partial charge on any atom is -0.550 e. The fourth-order valence-electron chi connectivity index (χ4n) is 2.21. The minimum absolute atomic E-state index is 0.0236. The van der Waals surface area contributed by atoms with Gasteiger partial charge in [0.1, 0.15) is 5.75 Å². The molecule has 3 nitrogen and oxygen atoms in total. The van der Waals surface area contributed by atoms with Gasteiger partial charge in [-0.25, -0.2) is 0 Å². The Morgan fingerprint density at radius 1 is 1.10 bits per heavy atom. The molecule has 0 aliphatic rings. The zero-order valence-corrected chi connectivity index (χ0v) is 12.9. The van der Waals surface area contributed by atoms with E-state index < -0.39 is 5.97 Å². The van der Waals surface area contributed by atoms with E-state index >= 15 is 0 Å². The summed E-state index contributed by atoms with van der Waals surface area (Å²) in [5.41, 5.74) is 1.05. The molecule has 0 fully saturated rings. The smallest absolute Gasteiger partial charge is 0.119 e. The zero-order valence-electron chi connectivity index (χ0n) is 12.9. The van der Waals surface area contributed by atoms with Gasteiger partial charge >= 0.3 is 0 Å². The topological polar surface area (TPSA) is 49.4 Å². The predicted molar refractivity (Wildman–Crippen MR) is 78.6 cm³/mol. The van der Waals surface area contributed by atoms with Gasteiger partial charge in [0, 0.05) is 5.97 Å². The maximum Gasteiger partial charge on any atom is 0.119 e. The maximum atomic E-state index is 10.9. The van der Waals surface area contributed by atoms with Crippen LogP contribution in [0.25, 0.3) is 0 Å². The third-order valence-corrected chi connectivity index (χ3v) is 3.23. The van der Waals surface area contributed by atoms with E-state index in [1.54, 1.807) is 0 Å². The summed E-state index contributed by atoms with van der Waals surface area (Å²) in [5.74, 6) is 0.430. The van der Waals surface area contributed by atoms with Gasteiger partial charge in [-0.1, -0.05) is 32.4 Å². The molecule has 0 aliphatic heterocycles. The summed E-state index contributed by atoms with van der Waals surface area (Å²) in [4.78, 5) is 10.9. The number of carbonyl (C=O) groups excluding carboxylic acids is 1. The standard InChI is InChI=1S/C17H26O3/c1-12(2)5-6-15(11-17(18)19)14-7-9-16(10-8-14)20-13(3)4/h7-10,12-13,15H,5-6,11H2,1-4H3,(H,18,19)/p-1/t15-/m1/s1. The van der Waals surface area contributed by atoms with E-state index in [0.717, 1.165) is 24.2 Å². The third kappa shape index (κ3) is 6.09. The van der Waals surface area contributed by atoms with Gasteiger partial charge in [0.2, 0.25) is 0 Å². The van der Waals surface area contributed by atoms with Crippen LogP contribution in [0.2, 0.25) is 0 Å². The molecule has 0 aromatic heterocycles. The van der Waals surface area contributed by atoms with Crippen LogP contribution in [0.4, 0.5) is 0 Å². The lowest BCUT2D eigenvalue weighted by molar-refractivity contribution is -0.306. The summed E-state index contributed by atoms with van der Waals surface area (Å²) in [7, 11) is 0. The molecular formula is C17H25O3-. The Kier molecular flexibility index (Phi) is 6.56. The zero-order chi connectivity index (χ0) is 15.1. The summed E-state index contributed by atoms with van der Waals surface area (Å²) in [5, 5.41) is 10.9. The number of carboxylic acids is 1. The van der Waals surface area contributed by atoms with Crippen LogP contribution in [0.1, 0.15) is 58.4 Å². The minimum atomic E-state index is -0.985. The normalized spacial score (nSPS) is 12.7. The molecule has 0 N–H and O–H groups in total. The highest BCUT2D eigenvalue weighted by Crippen LogP contribution is 2.28. The third-order valence-electron chi connectivity index (χ3n) is 3.23. The van der Waals surface area contributed by atoms with Crippen molar-refractivity contribution in [2.24, 2.45) is 5.92 Å². The van der Waals surface area contributed by atoms with Crippen LogP contribution >= 0.6 is 0 Å². The van der Waals surface area contributed by atoms with E-state index in [2.05, 4.69) is 13.8 Å². The van der Waals surface area contributed by atoms with E-state index in [-0.39, 0.29) is 18.4 Å². The number of hydrogen-bond donors (Lipinski definition) is 0. The molecule has 1 aromatic carbocycles. The average Bonchev–Trinajstić information content (AvgIpc) is 2.34. The fourth-order valence-corrected chi connectivity index (χ4v) is 2.21. The molecule has 0 radical (unpaired) electrons. The van der Waals surface area contributed by atoms with E-state index in [0.29, 0.717) is 5.92 Å². The molecule has 0 saturated carbocycles. The number of hydrogen-bond acceptors (Lipinski definition) is 3. The van der Waals surface area contributed by atoms with Crippen LogP contribution in [-0.2, 0) is 4.79 Å². The van der Waals surface area contributed by atoms with Gasteiger partial charge in [0.05, 0.1) is 6.10 Å². The first-order chi connectivity index (χ1) is 9.38. The van der Waals surface area contributed by atoms with Crippen LogP contribution in [0.3, 0.4) is 0 Å². The summed E-state index contributed by atoms with van der Waals surface area (Å²) >= 11 is 0. The number of benzene rings is 1. The highest BCUT2D eigenvalue weighted by atomic mass is 16.5. The Morgan fingerprint density at radius 2 is 1.70 bits per heavy atom. The molecule has 0 heterocycles. The largest absolute Gasteiger partial charge is 0.550 e. The number of carbonyl (C=O) groups is 1. The van der Waals surface area contributed by atoms with Gasteiger partial charge in [-0.05, 0) is 56.2 Å². The highest BCUT2D eigenvalue weighted by molar-refractivity contribution is 5.65. The molecule has 112 valence electrons. The second-order valence-electron chi connectivity index (χ2n) is 5.98. The summed E-state index contributed by atoms with van der Waals surface area (Å²) in [6.45, 7) is 8.26. The first-order valence-corrected chi connectivity index (χ1v) is 7.35. The van der Waals surface area contributed by atoms with Crippen molar-refractivity contribution in [3.8, 4) is 5.75 Å². The number of rotatable bonds is 8. The van der Waals surface area contributed by atoms with Crippen molar-refractivity contribution in [2.75, 3.05) is 0 Å². The molecule has 0 spiro atoms. The maximum absolute atomic E-state index is 10.9. The molecule has 0 saturated heterocycles. The van der Waals surface area contributed by atoms with Crippen LogP contribution in [-0.4, -0.2) is 12.1 Å². The lowest BCUT2D eigenvalue weighted by atomic mass is 9.89. The van der Waals surface area contributed by atoms with Gasteiger partial charge in [-0.3, -0.25) is 0 Å². The fraction of sp³-hybridized carbons (Fsp3) is 0.588. The van der Waals surface area contributed by atoms with Gasteiger partial charge < -0.3 is 14.6 Å². The first kappa shape index (κ1) is 16.5. The Hall–Kier alpha value is -1.51. The number of ether oxygens (including phenoxy) is 1. The highest BCUT2D eigenvalue weighted by Gasteiger charge is 2.13. The van der Waals surface area contributed by atoms with Crippen molar-refractivity contribution in [3.05, 3.63) is 29.8 Å². The van der Waals surface area contributed by atoms with Crippen LogP contribution in [0.5, 0.6) is 5.75 Å². The lowest BCUT2D eigenvalue weighted by Crippen LogP contribution is -2.24. The van der Waals surface area contributed by atoms with Gasteiger partial charge in [-0.2, -0.15) is 0 Å². The molecule has 0 unspecified atom stereocenters. The number of carboxylic acid groups (broad SMARTS) is 1. The molecule has 20 heavy (non-hydrogen) atoms. The lowest BCUT2D eigenvalue weighted by Gasteiger charge is -2.20. The first-order valence-electron chi connectivity index (χ1n) is 7.35. The van der Waals surface area contributed by atoms with Crippen molar-refractivity contribution in [1.82, 2.24) is 0 Å². The molecule has 1 aromatic rings. The van der Waals surface area contributed by atoms with Crippen LogP contribution < -0.4 is 9.84 Å². The predicted octanol–water partition coefficient (Wildman–Crippen LogP) is 3.13. The van der Waals surface area contributed by atoms with Crippen molar-refractivity contribution in [1.29, 1.82) is 0 Å². The van der Waals surface area contributed by atoms with E-state index in [4.69, 9.17) is 4.74 Å².